The minimum Gasteiger partial charge on any atom is -0.459 e. The minimum absolute atomic E-state index is 0.0757. The predicted molar refractivity (Wildman–Crippen MR) is 131 cm³/mol. The topological polar surface area (TPSA) is 160 Å². The van der Waals surface area contributed by atoms with Gasteiger partial charge < -0.3 is 40.5 Å². The minimum atomic E-state index is -1.91. The monoisotopic (exact) mass is 504 g/mol. The number of cyclic esters (lactones) is 1. The van der Waals surface area contributed by atoms with Crippen molar-refractivity contribution in [2.24, 2.45) is 17.8 Å². The van der Waals surface area contributed by atoms with Gasteiger partial charge in [-0.1, -0.05) is 20.8 Å². The van der Waals surface area contributed by atoms with Gasteiger partial charge in [0.05, 0.1) is 29.8 Å². The first-order valence-corrected chi connectivity index (χ1v) is 12.6. The maximum Gasteiger partial charge on any atom is 0.317 e. The average molecular weight is 505 g/mol. The first-order chi connectivity index (χ1) is 15.9. The van der Waals surface area contributed by atoms with E-state index < -0.39 is 65.5 Å². The summed E-state index contributed by atoms with van der Waals surface area (Å²) in [7, 11) is 0. The van der Waals surface area contributed by atoms with E-state index >= 15 is 0 Å². The summed E-state index contributed by atoms with van der Waals surface area (Å²) in [6.07, 6.45) is -5.06. The molecule has 0 aromatic rings. The maximum absolute atomic E-state index is 13.1. The van der Waals surface area contributed by atoms with Crippen LogP contribution in [0.3, 0.4) is 0 Å². The molecule has 0 aromatic heterocycles. The van der Waals surface area contributed by atoms with Crippen LogP contribution < -0.4 is 5.32 Å². The highest BCUT2D eigenvalue weighted by atomic mass is 16.6. The van der Waals surface area contributed by atoms with Gasteiger partial charge in [0.1, 0.15) is 17.8 Å². The fourth-order valence-electron chi connectivity index (χ4n) is 5.05. The molecular weight excluding hydrogens is 456 g/mol. The summed E-state index contributed by atoms with van der Waals surface area (Å²) in [6, 6.07) is -1.53. The van der Waals surface area contributed by atoms with Crippen molar-refractivity contribution >= 4 is 12.0 Å². The second kappa shape index (κ2) is 12.2. The molecule has 35 heavy (non-hydrogen) atoms. The van der Waals surface area contributed by atoms with Crippen molar-refractivity contribution in [2.75, 3.05) is 6.54 Å². The van der Waals surface area contributed by atoms with Gasteiger partial charge in [0.15, 0.2) is 0 Å². The Kier molecular flexibility index (Phi) is 11.0. The van der Waals surface area contributed by atoms with Gasteiger partial charge in [0.25, 0.3) is 0 Å². The van der Waals surface area contributed by atoms with Gasteiger partial charge in [-0.2, -0.15) is 0 Å². The second-order valence-corrected chi connectivity index (χ2v) is 11.3. The van der Waals surface area contributed by atoms with Crippen LogP contribution in [0, 0.1) is 17.8 Å². The number of amides is 2. The third-order valence-corrected chi connectivity index (χ3v) is 7.33. The Morgan fingerprint density at radius 2 is 1.66 bits per heavy atom. The average Bonchev–Trinajstić information content (AvgIpc) is 2.75. The van der Waals surface area contributed by atoms with Crippen LogP contribution in [0.2, 0.25) is 0 Å². The second-order valence-electron chi connectivity index (χ2n) is 11.3. The highest BCUT2D eigenvalue weighted by molar-refractivity contribution is 5.75. The van der Waals surface area contributed by atoms with Crippen LogP contribution in [-0.4, -0.2) is 96.7 Å². The molecule has 206 valence electrons. The molecule has 10 nitrogen and oxygen atoms in total. The number of nitrogens with zero attached hydrogens (tertiary/aromatic N) is 1. The van der Waals surface area contributed by atoms with Crippen molar-refractivity contribution in [2.45, 2.75) is 123 Å². The first kappa shape index (κ1) is 31.6. The largest absolute Gasteiger partial charge is 0.459 e. The highest BCUT2D eigenvalue weighted by Crippen LogP contribution is 2.32. The van der Waals surface area contributed by atoms with E-state index in [0.717, 1.165) is 0 Å². The lowest BCUT2D eigenvalue weighted by molar-refractivity contribution is -0.192. The molecule has 0 aliphatic carbocycles. The Hall–Kier alpha value is -1.46. The Labute approximate surface area is 209 Å². The zero-order chi connectivity index (χ0) is 27.5. The van der Waals surface area contributed by atoms with Crippen LogP contribution in [0.15, 0.2) is 0 Å². The Morgan fingerprint density at radius 1 is 1.11 bits per heavy atom. The maximum atomic E-state index is 13.1. The predicted octanol–water partition coefficient (Wildman–Crippen LogP) is 1.01. The van der Waals surface area contributed by atoms with E-state index in [1.165, 1.54) is 32.6 Å². The van der Waals surface area contributed by atoms with Crippen molar-refractivity contribution < 1.29 is 39.9 Å². The molecule has 0 unspecified atom stereocenters. The number of urea groups is 1. The molecule has 1 aliphatic heterocycles. The van der Waals surface area contributed by atoms with E-state index in [1.54, 1.807) is 34.6 Å². The third kappa shape index (κ3) is 7.52. The number of aliphatic hydroxyl groups is 5. The molecule has 0 radical (unpaired) electrons. The van der Waals surface area contributed by atoms with Gasteiger partial charge in [-0.25, -0.2) is 4.79 Å². The quantitative estimate of drug-likeness (QED) is 0.304. The smallest absolute Gasteiger partial charge is 0.317 e. The molecule has 10 atom stereocenters. The summed E-state index contributed by atoms with van der Waals surface area (Å²) in [5, 5.41) is 58.1. The van der Waals surface area contributed by atoms with Crippen molar-refractivity contribution in [3.63, 3.8) is 0 Å². The lowest BCUT2D eigenvalue weighted by Crippen LogP contribution is -2.61. The van der Waals surface area contributed by atoms with Gasteiger partial charge in [-0.15, -0.1) is 0 Å². The fraction of sp³-hybridized carbons (Fsp3) is 0.920. The molecule has 1 fully saturated rings. The van der Waals surface area contributed by atoms with Crippen LogP contribution in [0.25, 0.3) is 0 Å². The number of ether oxygens (including phenoxy) is 1. The zero-order valence-electron chi connectivity index (χ0n) is 22.7. The van der Waals surface area contributed by atoms with Crippen molar-refractivity contribution in [3.05, 3.63) is 0 Å². The normalized spacial score (nSPS) is 42.7. The number of esters is 1. The Morgan fingerprint density at radius 3 is 2.14 bits per heavy atom. The summed E-state index contributed by atoms with van der Waals surface area (Å²) >= 11 is 0. The van der Waals surface area contributed by atoms with E-state index in [1.807, 2.05) is 0 Å². The fourth-order valence-corrected chi connectivity index (χ4v) is 5.05. The molecular formula is C25H48N2O8. The van der Waals surface area contributed by atoms with Crippen molar-refractivity contribution in [3.8, 4) is 0 Å². The lowest BCUT2D eigenvalue weighted by atomic mass is 9.78. The molecule has 0 saturated carbocycles. The Bertz CT molecular complexity index is 714. The van der Waals surface area contributed by atoms with Gasteiger partial charge in [0.2, 0.25) is 0 Å². The third-order valence-electron chi connectivity index (χ3n) is 7.33. The molecule has 0 bridgehead atoms. The van der Waals surface area contributed by atoms with E-state index in [4.69, 9.17) is 4.74 Å². The number of rotatable bonds is 2. The van der Waals surface area contributed by atoms with Gasteiger partial charge >= 0.3 is 12.0 Å². The Balaban J connectivity index is 3.55. The van der Waals surface area contributed by atoms with Crippen molar-refractivity contribution in [1.29, 1.82) is 0 Å². The highest BCUT2D eigenvalue weighted by Gasteiger charge is 2.48. The van der Waals surface area contributed by atoms with E-state index in [9.17, 15) is 35.1 Å². The van der Waals surface area contributed by atoms with Crippen LogP contribution >= 0.6 is 0 Å². The number of carbonyl (C=O) groups excluding carboxylic acids is 2. The van der Waals surface area contributed by atoms with Gasteiger partial charge in [-0.3, -0.25) is 4.79 Å². The lowest BCUT2D eigenvalue weighted by Gasteiger charge is -2.43. The summed E-state index contributed by atoms with van der Waals surface area (Å²) in [6.45, 7) is 14.6. The van der Waals surface area contributed by atoms with Crippen LogP contribution in [0.4, 0.5) is 4.79 Å². The molecule has 0 aromatic carbocycles. The van der Waals surface area contributed by atoms with Crippen LogP contribution in [0.5, 0.6) is 0 Å². The summed E-state index contributed by atoms with van der Waals surface area (Å²) < 4.78 is 5.54. The SMILES string of the molecule is CC[C@H]1OC(=O)[C@H](C)[C@@H](O)[C@H](C)[C@@H](O)[C@](C)(O)C[C@@H](C)CN(C(=O)NC(C)C)[C@H](C)[C@@H](O)[C@]1(C)O. The number of aliphatic hydroxyl groups excluding tert-OH is 3. The molecule has 0 spiro atoms. The van der Waals surface area contributed by atoms with E-state index in [-0.39, 0.29) is 31.3 Å². The molecule has 6 N–H and O–H groups in total. The van der Waals surface area contributed by atoms with Gasteiger partial charge in [0, 0.05) is 18.5 Å². The number of nitrogens with one attached hydrogen (secondary N) is 1. The van der Waals surface area contributed by atoms with Crippen LogP contribution in [-0.2, 0) is 9.53 Å². The first-order valence-electron chi connectivity index (χ1n) is 12.6. The summed E-state index contributed by atoms with van der Waals surface area (Å²) in [5.41, 5.74) is -3.55. The standard InChI is InChI=1S/C25H48N2O8/c1-10-18-25(9,34)21(30)17(7)27(23(32)26-13(2)3)12-14(4)11-24(8,33)20(29)15(5)19(28)16(6)22(31)35-18/h13-21,28-30,33-34H,10-12H2,1-9H3,(H,26,32)/t14-,15+,16-,17-,18-,19+,20-,21-,24-,25-/m1/s1. The zero-order valence-corrected chi connectivity index (χ0v) is 22.7. The molecule has 1 rings (SSSR count). The number of hydrogen-bond donors (Lipinski definition) is 6. The molecule has 1 saturated heterocycles. The van der Waals surface area contributed by atoms with Crippen molar-refractivity contribution in [1.82, 2.24) is 10.2 Å². The molecule has 1 heterocycles. The summed E-state index contributed by atoms with van der Waals surface area (Å²) in [4.78, 5) is 27.3. The molecule has 1 aliphatic rings. The number of carbonyl (C=O) groups is 2. The van der Waals surface area contributed by atoms with Crippen LogP contribution in [0.1, 0.15) is 75.2 Å². The van der Waals surface area contributed by atoms with Gasteiger partial charge in [-0.05, 0) is 60.3 Å². The molecule has 2 amide bonds. The van der Waals surface area contributed by atoms with E-state index in [0.29, 0.717) is 0 Å². The number of hydrogen-bond acceptors (Lipinski definition) is 8. The summed E-state index contributed by atoms with van der Waals surface area (Å²) in [5.74, 6) is -3.08. The van der Waals surface area contributed by atoms with E-state index in [2.05, 4.69) is 5.32 Å². The molecule has 10 heteroatoms.